The van der Waals surface area contributed by atoms with Crippen molar-refractivity contribution in [1.82, 2.24) is 26.1 Å². The summed E-state index contributed by atoms with van der Waals surface area (Å²) in [6.07, 6.45) is 2.77. The van der Waals surface area contributed by atoms with Crippen molar-refractivity contribution in [2.45, 2.75) is 25.2 Å². The summed E-state index contributed by atoms with van der Waals surface area (Å²) < 4.78 is 0. The molecule has 1 aromatic heterocycles. The maximum Gasteiger partial charge on any atom is 0.227 e. The van der Waals surface area contributed by atoms with E-state index >= 15 is 0 Å². The van der Waals surface area contributed by atoms with Crippen molar-refractivity contribution in [3.63, 3.8) is 0 Å². The lowest BCUT2D eigenvalue weighted by atomic mass is 10.1. The summed E-state index contributed by atoms with van der Waals surface area (Å²) in [5.41, 5.74) is 6.84. The minimum Gasteiger partial charge on any atom is -0.336 e. The van der Waals surface area contributed by atoms with Crippen LogP contribution in [0.5, 0.6) is 0 Å². The van der Waals surface area contributed by atoms with E-state index in [9.17, 15) is 4.79 Å². The van der Waals surface area contributed by atoms with E-state index in [4.69, 9.17) is 5.26 Å². The van der Waals surface area contributed by atoms with E-state index in [0.29, 0.717) is 0 Å². The molecule has 0 aliphatic carbocycles. The van der Waals surface area contributed by atoms with Gasteiger partial charge in [0.15, 0.2) is 0 Å². The molecule has 2 unspecified atom stereocenters. The first-order valence-electron chi connectivity index (χ1n) is 7.10. The fraction of sp³-hybridized carbons (Fsp3) is 0.500. The molecule has 3 rings (SSSR count). The molecule has 0 bridgehead atoms. The number of carbonyl (C=O) groups is 1. The Morgan fingerprint density at radius 1 is 1.52 bits per heavy atom. The Bertz CT molecular complexity index is 542. The number of hydrazine groups is 1. The quantitative estimate of drug-likeness (QED) is 0.681. The van der Waals surface area contributed by atoms with Gasteiger partial charge in [-0.15, -0.1) is 0 Å². The first-order chi connectivity index (χ1) is 10.3. The number of rotatable bonds is 4. The average Bonchev–Trinajstić information content (AvgIpc) is 2.93. The summed E-state index contributed by atoms with van der Waals surface area (Å²) in [5, 5.41) is 11.9. The number of hydrogen-bond donors (Lipinski definition) is 3. The zero-order valence-corrected chi connectivity index (χ0v) is 11.6. The van der Waals surface area contributed by atoms with E-state index in [0.717, 1.165) is 25.2 Å². The van der Waals surface area contributed by atoms with Gasteiger partial charge in [-0.1, -0.05) is 6.07 Å². The molecule has 110 valence electrons. The number of nitriles is 1. The maximum atomic E-state index is 12.0. The van der Waals surface area contributed by atoms with Crippen LogP contribution in [-0.2, 0) is 11.2 Å². The average molecular weight is 286 g/mol. The molecule has 0 radical (unpaired) electrons. The molecule has 7 nitrogen and oxygen atoms in total. The highest BCUT2D eigenvalue weighted by molar-refractivity contribution is 5.78. The second kappa shape index (κ2) is 6.18. The fourth-order valence-corrected chi connectivity index (χ4v) is 2.70. The molecule has 3 heterocycles. The molecular formula is C14H18N6O. The number of amides is 1. The van der Waals surface area contributed by atoms with Crippen molar-refractivity contribution in [2.75, 3.05) is 13.1 Å². The van der Waals surface area contributed by atoms with Gasteiger partial charge in [-0.2, -0.15) is 5.26 Å². The van der Waals surface area contributed by atoms with Gasteiger partial charge in [-0.25, -0.2) is 10.9 Å². The van der Waals surface area contributed by atoms with E-state index < -0.39 is 0 Å². The lowest BCUT2D eigenvalue weighted by molar-refractivity contribution is -0.124. The Kier molecular flexibility index (Phi) is 4.10. The van der Waals surface area contributed by atoms with Gasteiger partial charge < -0.3 is 5.32 Å². The van der Waals surface area contributed by atoms with E-state index in [1.807, 2.05) is 18.2 Å². The maximum absolute atomic E-state index is 12.0. The second-order valence-electron chi connectivity index (χ2n) is 5.39. The summed E-state index contributed by atoms with van der Waals surface area (Å²) in [5.74, 6) is 0.0333. The van der Waals surface area contributed by atoms with Crippen LogP contribution in [0.1, 0.15) is 12.1 Å². The van der Waals surface area contributed by atoms with Crippen LogP contribution in [-0.4, -0.2) is 41.2 Å². The Balaban J connectivity index is 1.49. The number of nitrogens with zero attached hydrogens (tertiary/aromatic N) is 3. The fourth-order valence-electron chi connectivity index (χ4n) is 2.70. The van der Waals surface area contributed by atoms with Gasteiger partial charge >= 0.3 is 0 Å². The van der Waals surface area contributed by atoms with Gasteiger partial charge in [0.1, 0.15) is 12.3 Å². The predicted molar refractivity (Wildman–Crippen MR) is 75.2 cm³/mol. The largest absolute Gasteiger partial charge is 0.336 e. The first-order valence-corrected chi connectivity index (χ1v) is 7.10. The Labute approximate surface area is 123 Å². The summed E-state index contributed by atoms with van der Waals surface area (Å²) in [6.45, 7) is 1.63. The van der Waals surface area contributed by atoms with Crippen molar-refractivity contribution in [3.8, 4) is 6.07 Å². The lowest BCUT2D eigenvalue weighted by Gasteiger charge is -2.44. The molecular weight excluding hydrogens is 268 g/mol. The van der Waals surface area contributed by atoms with Crippen LogP contribution >= 0.6 is 0 Å². The SMILES string of the molecule is N#CC1CCN([C@H]2NNC2NC(=O)Cc2ccccn2)C1. The molecule has 2 saturated heterocycles. The normalized spacial score (nSPS) is 28.6. The minimum atomic E-state index is -0.126. The minimum absolute atomic E-state index is 0.0519. The van der Waals surface area contributed by atoms with Crippen LogP contribution in [0, 0.1) is 17.2 Å². The number of likely N-dealkylation sites (tertiary alicyclic amines) is 1. The monoisotopic (exact) mass is 286 g/mol. The Hall–Kier alpha value is -2.01. The Morgan fingerprint density at radius 3 is 3.05 bits per heavy atom. The zero-order valence-electron chi connectivity index (χ0n) is 11.6. The number of carbonyl (C=O) groups excluding carboxylic acids is 1. The van der Waals surface area contributed by atoms with Gasteiger partial charge in [0.25, 0.3) is 0 Å². The predicted octanol–water partition coefficient (Wildman–Crippen LogP) is -0.654. The molecule has 2 fully saturated rings. The summed E-state index contributed by atoms with van der Waals surface area (Å²) in [6, 6.07) is 7.83. The third-order valence-corrected chi connectivity index (χ3v) is 3.88. The molecule has 2 aliphatic rings. The zero-order chi connectivity index (χ0) is 14.7. The van der Waals surface area contributed by atoms with Crippen LogP contribution in [0.4, 0.5) is 0 Å². The molecule has 0 spiro atoms. The molecule has 0 saturated carbocycles. The van der Waals surface area contributed by atoms with Crippen LogP contribution in [0.3, 0.4) is 0 Å². The van der Waals surface area contributed by atoms with E-state index in [1.54, 1.807) is 6.20 Å². The van der Waals surface area contributed by atoms with Gasteiger partial charge in [0.05, 0.1) is 18.4 Å². The molecule has 3 atom stereocenters. The van der Waals surface area contributed by atoms with Gasteiger partial charge in [-0.3, -0.25) is 14.7 Å². The number of nitrogens with one attached hydrogen (secondary N) is 3. The second-order valence-corrected chi connectivity index (χ2v) is 5.39. The molecule has 1 aromatic rings. The molecule has 0 aromatic carbocycles. The third kappa shape index (κ3) is 3.19. The summed E-state index contributed by atoms with van der Waals surface area (Å²) >= 11 is 0. The van der Waals surface area contributed by atoms with E-state index in [2.05, 4.69) is 32.1 Å². The molecule has 21 heavy (non-hydrogen) atoms. The van der Waals surface area contributed by atoms with Crippen molar-refractivity contribution in [1.29, 1.82) is 5.26 Å². The number of aromatic nitrogens is 1. The highest BCUT2D eigenvalue weighted by atomic mass is 16.2. The Morgan fingerprint density at radius 2 is 2.43 bits per heavy atom. The van der Waals surface area contributed by atoms with Crippen LogP contribution in [0.2, 0.25) is 0 Å². The number of hydrogen-bond acceptors (Lipinski definition) is 6. The molecule has 3 N–H and O–H groups in total. The van der Waals surface area contributed by atoms with E-state index in [-0.39, 0.29) is 30.6 Å². The topological polar surface area (TPSA) is 93.1 Å². The smallest absolute Gasteiger partial charge is 0.227 e. The van der Waals surface area contributed by atoms with Crippen molar-refractivity contribution in [3.05, 3.63) is 30.1 Å². The third-order valence-electron chi connectivity index (χ3n) is 3.88. The van der Waals surface area contributed by atoms with Crippen molar-refractivity contribution >= 4 is 5.91 Å². The standard InChI is InChI=1S/C14H18N6O/c15-8-10-4-6-20(9-10)14-13(18-19-14)17-12(21)7-11-3-1-2-5-16-11/h1-3,5,10,13-14,18-19H,4,6-7,9H2,(H,17,21)/t10?,13?,14-/m1/s1. The summed E-state index contributed by atoms with van der Waals surface area (Å²) in [7, 11) is 0. The number of pyridine rings is 1. The van der Waals surface area contributed by atoms with Crippen molar-refractivity contribution < 1.29 is 4.79 Å². The van der Waals surface area contributed by atoms with Crippen molar-refractivity contribution in [2.24, 2.45) is 5.92 Å². The highest BCUT2D eigenvalue weighted by Crippen LogP contribution is 2.19. The molecule has 1 amide bonds. The van der Waals surface area contributed by atoms with Crippen LogP contribution in [0.25, 0.3) is 0 Å². The first kappa shape index (κ1) is 13.9. The van der Waals surface area contributed by atoms with E-state index in [1.165, 1.54) is 0 Å². The lowest BCUT2D eigenvalue weighted by Crippen LogP contribution is -2.78. The molecule has 7 heteroatoms. The van der Waals surface area contributed by atoms with Gasteiger partial charge in [0.2, 0.25) is 5.91 Å². The highest BCUT2D eigenvalue weighted by Gasteiger charge is 2.39. The van der Waals surface area contributed by atoms with Crippen LogP contribution < -0.4 is 16.2 Å². The van der Waals surface area contributed by atoms with Gasteiger partial charge in [-0.05, 0) is 18.6 Å². The summed E-state index contributed by atoms with van der Waals surface area (Å²) in [4.78, 5) is 18.3. The molecule has 2 aliphatic heterocycles. The van der Waals surface area contributed by atoms with Gasteiger partial charge in [0, 0.05) is 25.0 Å². The van der Waals surface area contributed by atoms with Crippen LogP contribution in [0.15, 0.2) is 24.4 Å².